The predicted octanol–water partition coefficient (Wildman–Crippen LogP) is 3.50. The summed E-state index contributed by atoms with van der Waals surface area (Å²) in [6, 6.07) is 4.26. The molecular weight excluding hydrogens is 158 g/mol. The van der Waals surface area contributed by atoms with E-state index in [1.807, 2.05) is 0 Å². The van der Waals surface area contributed by atoms with Gasteiger partial charge in [-0.3, -0.25) is 4.99 Å². The molecule has 0 atom stereocenters. The highest BCUT2D eigenvalue weighted by molar-refractivity contribution is 5.74. The maximum absolute atomic E-state index is 4.28. The molecule has 0 unspecified atom stereocenters. The van der Waals surface area contributed by atoms with Gasteiger partial charge in [-0.25, -0.2) is 0 Å². The Labute approximate surface area is 79.8 Å². The summed E-state index contributed by atoms with van der Waals surface area (Å²) in [6.45, 7) is 9.88. The fraction of sp³-hybridized carbons (Fsp3) is 0.250. The van der Waals surface area contributed by atoms with Gasteiger partial charge in [0.1, 0.15) is 0 Å². The molecule has 0 aromatic heterocycles. The first kappa shape index (κ1) is 9.72. The van der Waals surface area contributed by atoms with E-state index in [2.05, 4.69) is 44.5 Å². The third-order valence-corrected chi connectivity index (χ3v) is 2.13. The second-order valence-electron chi connectivity index (χ2n) is 3.24. The largest absolute Gasteiger partial charge is 0.257 e. The average molecular weight is 173 g/mol. The molecule has 0 spiro atoms. The first-order chi connectivity index (χ1) is 6.15. The van der Waals surface area contributed by atoms with E-state index in [9.17, 15) is 0 Å². The van der Waals surface area contributed by atoms with Gasteiger partial charge in [0.25, 0.3) is 0 Å². The third-order valence-electron chi connectivity index (χ3n) is 2.13. The van der Waals surface area contributed by atoms with Gasteiger partial charge in [-0.2, -0.15) is 0 Å². The minimum Gasteiger partial charge on any atom is -0.257 e. The number of allylic oxidation sites excluding steroid dienone is 1. The SMILES string of the molecule is C=CC=Nc1cc(C)c(C)cc1C. The van der Waals surface area contributed by atoms with Crippen molar-refractivity contribution in [2.75, 3.05) is 0 Å². The van der Waals surface area contributed by atoms with Crippen LogP contribution in [0.15, 0.2) is 29.8 Å². The zero-order valence-electron chi connectivity index (χ0n) is 8.46. The molecule has 13 heavy (non-hydrogen) atoms. The quantitative estimate of drug-likeness (QED) is 0.607. The highest BCUT2D eigenvalue weighted by Gasteiger charge is 1.98. The molecule has 1 aromatic carbocycles. The molecule has 0 saturated carbocycles. The Hall–Kier alpha value is -1.37. The molecule has 0 radical (unpaired) electrons. The Morgan fingerprint density at radius 1 is 1.08 bits per heavy atom. The standard InChI is InChI=1S/C12H15N/c1-5-6-13-12-8-10(3)9(2)7-11(12)4/h5-8H,1H2,2-4H3. The maximum Gasteiger partial charge on any atom is 0.0661 e. The first-order valence-electron chi connectivity index (χ1n) is 4.38. The number of hydrogen-bond acceptors (Lipinski definition) is 1. The number of aryl methyl sites for hydroxylation is 3. The summed E-state index contributed by atoms with van der Waals surface area (Å²) >= 11 is 0. The van der Waals surface area contributed by atoms with Crippen LogP contribution >= 0.6 is 0 Å². The lowest BCUT2D eigenvalue weighted by Gasteiger charge is -2.04. The lowest BCUT2D eigenvalue weighted by atomic mass is 10.1. The van der Waals surface area contributed by atoms with E-state index < -0.39 is 0 Å². The van der Waals surface area contributed by atoms with Gasteiger partial charge in [0.15, 0.2) is 0 Å². The molecule has 0 fully saturated rings. The average Bonchev–Trinajstić information content (AvgIpc) is 2.09. The molecule has 0 N–H and O–H groups in total. The van der Waals surface area contributed by atoms with Gasteiger partial charge in [-0.15, -0.1) is 0 Å². The first-order valence-corrected chi connectivity index (χ1v) is 4.38. The van der Waals surface area contributed by atoms with Gasteiger partial charge in [0, 0.05) is 6.21 Å². The Morgan fingerprint density at radius 3 is 2.31 bits per heavy atom. The highest BCUT2D eigenvalue weighted by atomic mass is 14.7. The van der Waals surface area contributed by atoms with Crippen molar-refractivity contribution in [2.24, 2.45) is 4.99 Å². The van der Waals surface area contributed by atoms with E-state index in [1.165, 1.54) is 16.7 Å². The van der Waals surface area contributed by atoms with Crippen molar-refractivity contribution in [1.29, 1.82) is 0 Å². The van der Waals surface area contributed by atoms with Crippen molar-refractivity contribution in [3.63, 3.8) is 0 Å². The second-order valence-corrected chi connectivity index (χ2v) is 3.24. The van der Waals surface area contributed by atoms with Gasteiger partial charge in [-0.05, 0) is 43.5 Å². The van der Waals surface area contributed by atoms with Gasteiger partial charge >= 0.3 is 0 Å². The molecule has 1 heteroatoms. The van der Waals surface area contributed by atoms with E-state index in [-0.39, 0.29) is 0 Å². The van der Waals surface area contributed by atoms with Gasteiger partial charge < -0.3 is 0 Å². The molecular formula is C12H15N. The molecule has 0 saturated heterocycles. The summed E-state index contributed by atoms with van der Waals surface area (Å²) in [5.74, 6) is 0. The predicted molar refractivity (Wildman–Crippen MR) is 59.0 cm³/mol. The van der Waals surface area contributed by atoms with Crippen LogP contribution in [0.3, 0.4) is 0 Å². The number of aliphatic imine (C=N–C) groups is 1. The van der Waals surface area contributed by atoms with Gasteiger partial charge in [-0.1, -0.05) is 18.7 Å². The van der Waals surface area contributed by atoms with Crippen molar-refractivity contribution in [3.05, 3.63) is 41.5 Å². The van der Waals surface area contributed by atoms with Crippen molar-refractivity contribution in [2.45, 2.75) is 20.8 Å². The third kappa shape index (κ3) is 2.28. The summed E-state index contributed by atoms with van der Waals surface area (Å²) in [6.07, 6.45) is 3.41. The van der Waals surface area contributed by atoms with E-state index in [4.69, 9.17) is 0 Å². The lowest BCUT2D eigenvalue weighted by molar-refractivity contribution is 1.28. The maximum atomic E-state index is 4.28. The molecule has 1 rings (SSSR count). The summed E-state index contributed by atoms with van der Waals surface area (Å²) < 4.78 is 0. The van der Waals surface area contributed by atoms with E-state index >= 15 is 0 Å². The monoisotopic (exact) mass is 173 g/mol. The van der Waals surface area contributed by atoms with Crippen LogP contribution in [-0.4, -0.2) is 6.21 Å². The fourth-order valence-electron chi connectivity index (χ4n) is 1.22. The summed E-state index contributed by atoms with van der Waals surface area (Å²) in [7, 11) is 0. The topological polar surface area (TPSA) is 12.4 Å². The number of benzene rings is 1. The zero-order valence-corrected chi connectivity index (χ0v) is 8.46. The Bertz CT molecular complexity index is 348. The molecule has 1 nitrogen and oxygen atoms in total. The van der Waals surface area contributed by atoms with E-state index in [0.717, 1.165) is 5.69 Å². The van der Waals surface area contributed by atoms with Crippen molar-refractivity contribution < 1.29 is 0 Å². The summed E-state index contributed by atoms with van der Waals surface area (Å²) in [5.41, 5.74) is 4.83. The van der Waals surface area contributed by atoms with Crippen molar-refractivity contribution in [3.8, 4) is 0 Å². The van der Waals surface area contributed by atoms with Crippen molar-refractivity contribution >= 4 is 11.9 Å². The minimum absolute atomic E-state index is 1.03. The normalized spacial score (nSPS) is 10.7. The Morgan fingerprint density at radius 2 is 1.69 bits per heavy atom. The minimum atomic E-state index is 1.03. The second kappa shape index (κ2) is 4.04. The van der Waals surface area contributed by atoms with Gasteiger partial charge in [0.2, 0.25) is 0 Å². The van der Waals surface area contributed by atoms with Crippen LogP contribution in [0.25, 0.3) is 0 Å². The van der Waals surface area contributed by atoms with E-state index in [0.29, 0.717) is 0 Å². The van der Waals surface area contributed by atoms with Crippen LogP contribution < -0.4 is 0 Å². The molecule has 0 aliphatic carbocycles. The molecule has 68 valence electrons. The summed E-state index contributed by atoms with van der Waals surface area (Å²) in [5, 5.41) is 0. The fourth-order valence-corrected chi connectivity index (χ4v) is 1.22. The van der Waals surface area contributed by atoms with Crippen LogP contribution in [0.4, 0.5) is 5.69 Å². The molecule has 0 bridgehead atoms. The van der Waals surface area contributed by atoms with Crippen molar-refractivity contribution in [1.82, 2.24) is 0 Å². The molecule has 0 aliphatic rings. The Kier molecular flexibility index (Phi) is 3.02. The molecule has 0 heterocycles. The molecule has 0 amide bonds. The smallest absolute Gasteiger partial charge is 0.0661 e. The number of rotatable bonds is 2. The van der Waals surface area contributed by atoms with Crippen LogP contribution in [0, 0.1) is 20.8 Å². The lowest BCUT2D eigenvalue weighted by Crippen LogP contribution is -1.83. The number of hydrogen-bond donors (Lipinski definition) is 0. The van der Waals surface area contributed by atoms with Gasteiger partial charge in [0.05, 0.1) is 5.69 Å². The van der Waals surface area contributed by atoms with E-state index in [1.54, 1.807) is 12.3 Å². The van der Waals surface area contributed by atoms with Crippen LogP contribution in [-0.2, 0) is 0 Å². The van der Waals surface area contributed by atoms with Crippen LogP contribution in [0.5, 0.6) is 0 Å². The Balaban J connectivity index is 3.15. The molecule has 0 aliphatic heterocycles. The summed E-state index contributed by atoms with van der Waals surface area (Å²) in [4.78, 5) is 4.28. The highest BCUT2D eigenvalue weighted by Crippen LogP contribution is 2.22. The van der Waals surface area contributed by atoms with Crippen LogP contribution in [0.1, 0.15) is 16.7 Å². The van der Waals surface area contributed by atoms with Crippen LogP contribution in [0.2, 0.25) is 0 Å². The molecule has 1 aromatic rings. The number of nitrogens with zero attached hydrogens (tertiary/aromatic N) is 1. The zero-order chi connectivity index (χ0) is 9.84.